The van der Waals surface area contributed by atoms with Crippen LogP contribution in [-0.2, 0) is 13.1 Å². The first-order valence-corrected chi connectivity index (χ1v) is 12.9. The number of imide groups is 1. The molecule has 0 bridgehead atoms. The van der Waals surface area contributed by atoms with Crippen molar-refractivity contribution in [2.24, 2.45) is 0 Å². The fourth-order valence-corrected chi connectivity index (χ4v) is 5.77. The van der Waals surface area contributed by atoms with Crippen molar-refractivity contribution in [1.82, 2.24) is 24.3 Å². The fraction of sp³-hybridized carbons (Fsp3) is 0.200. The van der Waals surface area contributed by atoms with E-state index in [-0.39, 0.29) is 17.7 Å². The molecule has 3 amide bonds. The Bertz CT molecular complexity index is 1740. The molecule has 2 aliphatic heterocycles. The van der Waals surface area contributed by atoms with Gasteiger partial charge in [-0.25, -0.2) is 4.98 Å². The number of rotatable bonds is 6. The van der Waals surface area contributed by atoms with Crippen molar-refractivity contribution in [2.75, 3.05) is 13.1 Å². The van der Waals surface area contributed by atoms with Crippen molar-refractivity contribution in [3.8, 4) is 11.4 Å². The lowest BCUT2D eigenvalue weighted by Gasteiger charge is -2.13. The molecule has 0 aliphatic carbocycles. The summed E-state index contributed by atoms with van der Waals surface area (Å²) in [7, 11) is 0. The Kier molecular flexibility index (Phi) is 5.14. The average molecular weight is 504 g/mol. The number of fused-ring (bicyclic) bond motifs is 2. The predicted molar refractivity (Wildman–Crippen MR) is 144 cm³/mol. The Morgan fingerprint density at radius 1 is 0.763 bits per heavy atom. The van der Waals surface area contributed by atoms with E-state index < -0.39 is 0 Å². The number of para-hydroxylation sites is 2. The third-order valence-electron chi connectivity index (χ3n) is 7.57. The normalized spacial score (nSPS) is 14.8. The van der Waals surface area contributed by atoms with Crippen molar-refractivity contribution >= 4 is 39.7 Å². The molecule has 2 aromatic heterocycles. The monoisotopic (exact) mass is 503 g/mol. The summed E-state index contributed by atoms with van der Waals surface area (Å²) in [6.45, 7) is 2.34. The van der Waals surface area contributed by atoms with Crippen LogP contribution in [0.2, 0.25) is 0 Å². The fourth-order valence-electron chi connectivity index (χ4n) is 5.77. The van der Waals surface area contributed by atoms with Crippen molar-refractivity contribution in [1.29, 1.82) is 0 Å². The van der Waals surface area contributed by atoms with Crippen LogP contribution in [0.5, 0.6) is 0 Å². The second kappa shape index (κ2) is 8.69. The number of amides is 3. The zero-order valence-electron chi connectivity index (χ0n) is 20.7. The molecule has 8 nitrogen and oxygen atoms in total. The number of unbranched alkanes of at least 4 members (excludes halogenated alkanes) is 1. The lowest BCUT2D eigenvalue weighted by atomic mass is 10.1. The summed E-state index contributed by atoms with van der Waals surface area (Å²) in [6.07, 6.45) is 3.66. The topological polar surface area (TPSA) is 89.2 Å². The smallest absolute Gasteiger partial charge is 0.261 e. The molecule has 188 valence electrons. The average Bonchev–Trinajstić information content (AvgIpc) is 3.53. The van der Waals surface area contributed by atoms with Crippen molar-refractivity contribution in [2.45, 2.75) is 25.9 Å². The van der Waals surface area contributed by atoms with Crippen LogP contribution >= 0.6 is 0 Å². The van der Waals surface area contributed by atoms with Crippen molar-refractivity contribution < 1.29 is 14.4 Å². The van der Waals surface area contributed by atoms with E-state index in [1.165, 1.54) is 4.90 Å². The number of nitrogens with zero attached hydrogens (tertiary/aromatic N) is 4. The minimum Gasteiger partial charge on any atom is -0.350 e. The number of nitrogens with one attached hydrogen (secondary N) is 1. The highest BCUT2D eigenvalue weighted by molar-refractivity contribution is 6.21. The summed E-state index contributed by atoms with van der Waals surface area (Å²) in [5, 5.41) is 4.08. The molecule has 4 heterocycles. The number of carbonyl (C=O) groups excluding carboxylic acids is 3. The molecule has 0 saturated carbocycles. The first-order chi connectivity index (χ1) is 18.6. The number of carbonyl (C=O) groups is 3. The quantitative estimate of drug-likeness (QED) is 0.273. The third-order valence-corrected chi connectivity index (χ3v) is 7.57. The second-order valence-electron chi connectivity index (χ2n) is 9.78. The third kappa shape index (κ3) is 3.37. The number of hydrogen-bond donors (Lipinski definition) is 1. The highest BCUT2D eigenvalue weighted by Gasteiger charge is 2.34. The van der Waals surface area contributed by atoms with E-state index in [1.54, 1.807) is 24.3 Å². The summed E-state index contributed by atoms with van der Waals surface area (Å²) in [5.74, 6) is 0.372. The van der Waals surface area contributed by atoms with Gasteiger partial charge in [0.15, 0.2) is 0 Å². The molecule has 7 rings (SSSR count). The van der Waals surface area contributed by atoms with E-state index in [0.29, 0.717) is 42.7 Å². The number of hydrogen-bond acceptors (Lipinski definition) is 4. The van der Waals surface area contributed by atoms with Crippen molar-refractivity contribution in [3.63, 3.8) is 0 Å². The number of imidazole rings is 1. The maximum absolute atomic E-state index is 12.7. The highest BCUT2D eigenvalue weighted by Crippen LogP contribution is 2.34. The molecule has 38 heavy (non-hydrogen) atoms. The molecule has 0 atom stereocenters. The van der Waals surface area contributed by atoms with Gasteiger partial charge in [0.2, 0.25) is 0 Å². The maximum atomic E-state index is 12.7. The van der Waals surface area contributed by atoms with Gasteiger partial charge < -0.3 is 14.5 Å². The van der Waals surface area contributed by atoms with Gasteiger partial charge in [-0.3, -0.25) is 19.3 Å². The molecule has 0 fully saturated rings. The first kappa shape index (κ1) is 22.5. The zero-order chi connectivity index (χ0) is 25.8. The van der Waals surface area contributed by atoms with Crippen LogP contribution in [0.4, 0.5) is 0 Å². The standard InChI is InChI=1S/C30H25N5O3/c36-28-22-11-7-12-24-26(22)34(17-14-31-28)27(32-24)23-18-33(25-13-4-3-8-19(23)25)15-5-6-16-35-29(37)20-9-1-2-10-21(20)30(35)38/h1-4,7-13,18H,5-6,14-17H2,(H,31,36). The molecule has 0 radical (unpaired) electrons. The van der Waals surface area contributed by atoms with Gasteiger partial charge in [0.25, 0.3) is 17.7 Å². The maximum Gasteiger partial charge on any atom is 0.261 e. The van der Waals surface area contributed by atoms with Gasteiger partial charge in [-0.1, -0.05) is 36.4 Å². The van der Waals surface area contributed by atoms with Gasteiger partial charge in [0, 0.05) is 48.8 Å². The number of aromatic nitrogens is 3. The first-order valence-electron chi connectivity index (χ1n) is 12.9. The highest BCUT2D eigenvalue weighted by atomic mass is 16.2. The second-order valence-corrected chi connectivity index (χ2v) is 9.78. The van der Waals surface area contributed by atoms with E-state index in [2.05, 4.69) is 32.8 Å². The molecular formula is C30H25N5O3. The van der Waals surface area contributed by atoms with Crippen LogP contribution in [-0.4, -0.2) is 49.8 Å². The molecule has 3 aromatic carbocycles. The lowest BCUT2D eigenvalue weighted by Crippen LogP contribution is -2.30. The van der Waals surface area contributed by atoms with Crippen LogP contribution in [0.25, 0.3) is 33.3 Å². The molecule has 5 aromatic rings. The summed E-state index contributed by atoms with van der Waals surface area (Å²) in [5.41, 5.74) is 5.44. The molecule has 1 N–H and O–H groups in total. The van der Waals surface area contributed by atoms with Crippen molar-refractivity contribution in [3.05, 3.63) is 89.6 Å². The Hall–Kier alpha value is -4.72. The molecule has 8 heteroatoms. The van der Waals surface area contributed by atoms with Crippen LogP contribution in [0.15, 0.2) is 72.9 Å². The molecule has 0 saturated heterocycles. The minimum atomic E-state index is -0.206. The van der Waals surface area contributed by atoms with Crippen LogP contribution in [0, 0.1) is 0 Å². The van der Waals surface area contributed by atoms with Gasteiger partial charge in [0.05, 0.1) is 27.7 Å². The lowest BCUT2D eigenvalue weighted by molar-refractivity contribution is 0.0651. The molecule has 2 aliphatic rings. The van der Waals surface area contributed by atoms with Gasteiger partial charge in [-0.05, 0) is 43.2 Å². The van der Waals surface area contributed by atoms with Gasteiger partial charge in [-0.2, -0.15) is 0 Å². The molecule has 0 spiro atoms. The van der Waals surface area contributed by atoms with Gasteiger partial charge in [0.1, 0.15) is 5.82 Å². The van der Waals surface area contributed by atoms with Crippen LogP contribution in [0.3, 0.4) is 0 Å². The van der Waals surface area contributed by atoms with E-state index >= 15 is 0 Å². The van der Waals surface area contributed by atoms with E-state index in [1.807, 2.05) is 30.3 Å². The van der Waals surface area contributed by atoms with Crippen LogP contribution < -0.4 is 5.32 Å². The van der Waals surface area contributed by atoms with E-state index in [0.717, 1.165) is 46.3 Å². The number of aryl methyl sites for hydroxylation is 1. The molecule has 0 unspecified atom stereocenters. The minimum absolute atomic E-state index is 0.0683. The Morgan fingerprint density at radius 2 is 1.47 bits per heavy atom. The van der Waals surface area contributed by atoms with Gasteiger partial charge in [-0.15, -0.1) is 0 Å². The number of benzene rings is 3. The van der Waals surface area contributed by atoms with E-state index in [9.17, 15) is 14.4 Å². The predicted octanol–water partition coefficient (Wildman–Crippen LogP) is 4.48. The van der Waals surface area contributed by atoms with Crippen LogP contribution in [0.1, 0.15) is 43.9 Å². The largest absolute Gasteiger partial charge is 0.350 e. The zero-order valence-corrected chi connectivity index (χ0v) is 20.7. The van der Waals surface area contributed by atoms with Gasteiger partial charge >= 0.3 is 0 Å². The molecular weight excluding hydrogens is 478 g/mol. The summed E-state index contributed by atoms with van der Waals surface area (Å²) in [4.78, 5) is 44.3. The Labute approximate surface area is 218 Å². The Balaban J connectivity index is 1.16. The summed E-state index contributed by atoms with van der Waals surface area (Å²) >= 11 is 0. The Morgan fingerprint density at radius 3 is 2.29 bits per heavy atom. The van der Waals surface area contributed by atoms with E-state index in [4.69, 9.17) is 4.98 Å². The summed E-state index contributed by atoms with van der Waals surface area (Å²) < 4.78 is 4.37. The summed E-state index contributed by atoms with van der Waals surface area (Å²) in [6, 6.07) is 20.9. The SMILES string of the molecule is O=C1NCCn2c(-c3cn(CCCCN4C(=O)c5ccccc5C4=O)c4ccccc34)nc3cccc1c32.